The Hall–Kier alpha value is -3.43. The Morgan fingerprint density at radius 3 is 2.68 bits per heavy atom. The smallest absolute Gasteiger partial charge is 0.270 e. The van der Waals surface area contributed by atoms with Gasteiger partial charge in [-0.25, -0.2) is 0 Å². The van der Waals surface area contributed by atoms with E-state index in [4.69, 9.17) is 39.0 Å². The maximum Gasteiger partial charge on any atom is 0.270 e. The summed E-state index contributed by atoms with van der Waals surface area (Å²) in [5, 5.41) is 2.68. The number of benzene rings is 2. The Kier molecular flexibility index (Phi) is 6.88. The average Bonchev–Trinajstić information content (AvgIpc) is 2.71. The second-order valence-electron chi connectivity index (χ2n) is 6.33. The van der Waals surface area contributed by atoms with Gasteiger partial charge in [0.05, 0.1) is 17.3 Å². The number of thiocarbonyl (C=S) groups is 1. The van der Waals surface area contributed by atoms with Crippen molar-refractivity contribution in [2.24, 2.45) is 5.73 Å². The van der Waals surface area contributed by atoms with Crippen molar-refractivity contribution in [3.8, 4) is 11.5 Å². The number of primary amides is 1. The molecule has 0 spiro atoms. The van der Waals surface area contributed by atoms with Crippen molar-refractivity contribution in [1.29, 1.82) is 0 Å². The molecule has 8 nitrogen and oxygen atoms in total. The Morgan fingerprint density at radius 2 is 2.00 bits per heavy atom. The fraction of sp³-hybridized carbons (Fsp3) is 0.143. The van der Waals surface area contributed by atoms with E-state index in [2.05, 4.69) is 5.32 Å². The second kappa shape index (κ2) is 9.59. The van der Waals surface area contributed by atoms with Gasteiger partial charge in [-0.3, -0.25) is 24.6 Å². The molecule has 0 radical (unpaired) electrons. The van der Waals surface area contributed by atoms with Crippen LogP contribution in [0.15, 0.2) is 48.0 Å². The van der Waals surface area contributed by atoms with Crippen LogP contribution < -0.4 is 25.4 Å². The number of rotatable bonds is 7. The van der Waals surface area contributed by atoms with Crippen molar-refractivity contribution < 1.29 is 23.9 Å². The van der Waals surface area contributed by atoms with E-state index in [0.717, 1.165) is 0 Å². The number of anilines is 1. The second-order valence-corrected chi connectivity index (χ2v) is 7.13. The van der Waals surface area contributed by atoms with Crippen molar-refractivity contribution >= 4 is 58.4 Å². The number of nitrogens with zero attached hydrogens (tertiary/aromatic N) is 1. The number of carbonyl (C=O) groups excluding carboxylic acids is 3. The van der Waals surface area contributed by atoms with Crippen LogP contribution >= 0.6 is 23.8 Å². The van der Waals surface area contributed by atoms with E-state index in [1.54, 1.807) is 30.3 Å². The first-order valence-corrected chi connectivity index (χ1v) is 9.93. The molecular weight excluding hydrogens is 442 g/mol. The summed E-state index contributed by atoms with van der Waals surface area (Å²) in [6, 6.07) is 11.4. The lowest BCUT2D eigenvalue weighted by molar-refractivity contribution is -0.122. The lowest BCUT2D eigenvalue weighted by Crippen LogP contribution is -2.54. The van der Waals surface area contributed by atoms with Crippen LogP contribution in [-0.4, -0.2) is 36.0 Å². The third-order valence-electron chi connectivity index (χ3n) is 4.13. The van der Waals surface area contributed by atoms with E-state index in [0.29, 0.717) is 23.6 Å². The van der Waals surface area contributed by atoms with Crippen LogP contribution in [-0.2, 0) is 14.4 Å². The molecule has 3 N–H and O–H groups in total. The molecular formula is C21H18ClN3O5S. The number of hydrogen-bond acceptors (Lipinski definition) is 6. The zero-order valence-electron chi connectivity index (χ0n) is 16.4. The van der Waals surface area contributed by atoms with Gasteiger partial charge in [0.15, 0.2) is 11.7 Å². The SMILES string of the molecule is CCOc1cccc(N2C(=O)C(=Cc3ccc(OCC(N)=O)c(Cl)c3)C(=O)NC2=S)c1. The summed E-state index contributed by atoms with van der Waals surface area (Å²) in [6.45, 7) is 1.98. The summed E-state index contributed by atoms with van der Waals surface area (Å²) >= 11 is 11.4. The van der Waals surface area contributed by atoms with Gasteiger partial charge in [0.2, 0.25) is 0 Å². The van der Waals surface area contributed by atoms with Gasteiger partial charge >= 0.3 is 0 Å². The van der Waals surface area contributed by atoms with Crippen LogP contribution in [0.25, 0.3) is 6.08 Å². The van der Waals surface area contributed by atoms with Crippen molar-refractivity contribution in [2.45, 2.75) is 6.92 Å². The van der Waals surface area contributed by atoms with Crippen molar-refractivity contribution in [1.82, 2.24) is 5.32 Å². The standard InChI is InChI=1S/C21H18ClN3O5S/c1-2-29-14-5-3-4-13(10-14)25-20(28)15(19(27)24-21(25)31)8-12-6-7-17(16(22)9-12)30-11-18(23)26/h3-10H,2,11H2,1H3,(H2,23,26)(H,24,27,31). The van der Waals surface area contributed by atoms with E-state index in [-0.39, 0.29) is 28.1 Å². The summed E-state index contributed by atoms with van der Waals surface area (Å²) in [4.78, 5) is 37.6. The first-order chi connectivity index (χ1) is 14.8. The van der Waals surface area contributed by atoms with Gasteiger partial charge in [-0.1, -0.05) is 23.7 Å². The number of nitrogens with one attached hydrogen (secondary N) is 1. The third-order valence-corrected chi connectivity index (χ3v) is 4.71. The molecule has 0 aliphatic carbocycles. The summed E-state index contributed by atoms with van der Waals surface area (Å²) in [5.41, 5.74) is 5.86. The monoisotopic (exact) mass is 459 g/mol. The number of halogens is 1. The zero-order chi connectivity index (χ0) is 22.5. The number of ether oxygens (including phenoxy) is 2. The Bertz CT molecular complexity index is 1100. The van der Waals surface area contributed by atoms with Crippen LogP contribution in [0, 0.1) is 0 Å². The molecule has 0 unspecified atom stereocenters. The number of nitrogens with two attached hydrogens (primary N) is 1. The van der Waals surface area contributed by atoms with Gasteiger partial charge in [0.1, 0.15) is 17.1 Å². The van der Waals surface area contributed by atoms with Crippen molar-refractivity contribution in [3.63, 3.8) is 0 Å². The predicted octanol–water partition coefficient (Wildman–Crippen LogP) is 2.43. The largest absolute Gasteiger partial charge is 0.494 e. The number of carbonyl (C=O) groups is 3. The lowest BCUT2D eigenvalue weighted by atomic mass is 10.1. The van der Waals surface area contributed by atoms with Gasteiger partial charge in [0, 0.05) is 6.07 Å². The molecule has 160 valence electrons. The predicted molar refractivity (Wildman–Crippen MR) is 120 cm³/mol. The molecule has 0 saturated carbocycles. The highest BCUT2D eigenvalue weighted by Crippen LogP contribution is 2.28. The highest BCUT2D eigenvalue weighted by molar-refractivity contribution is 7.80. The summed E-state index contributed by atoms with van der Waals surface area (Å²) < 4.78 is 10.7. The van der Waals surface area contributed by atoms with Gasteiger partial charge in [-0.2, -0.15) is 0 Å². The van der Waals surface area contributed by atoms with Crippen molar-refractivity contribution in [3.05, 3.63) is 58.6 Å². The first-order valence-electron chi connectivity index (χ1n) is 9.15. The van der Waals surface area contributed by atoms with Gasteiger partial charge < -0.3 is 15.2 Å². The van der Waals surface area contributed by atoms with Gasteiger partial charge in [-0.05, 0) is 55.0 Å². The molecule has 1 heterocycles. The minimum atomic E-state index is -0.642. The van der Waals surface area contributed by atoms with Crippen LogP contribution in [0.3, 0.4) is 0 Å². The van der Waals surface area contributed by atoms with Gasteiger partial charge in [-0.15, -0.1) is 0 Å². The van der Waals surface area contributed by atoms with Crippen LogP contribution in [0.2, 0.25) is 5.02 Å². The van der Waals surface area contributed by atoms with Gasteiger partial charge in [0.25, 0.3) is 17.7 Å². The maximum atomic E-state index is 13.1. The van der Waals surface area contributed by atoms with E-state index in [9.17, 15) is 14.4 Å². The average molecular weight is 460 g/mol. The topological polar surface area (TPSA) is 111 Å². The quantitative estimate of drug-likeness (QED) is 0.374. The molecule has 1 aliphatic heterocycles. The van der Waals surface area contributed by atoms with E-state index in [1.807, 2.05) is 6.92 Å². The highest BCUT2D eigenvalue weighted by Gasteiger charge is 2.34. The minimum absolute atomic E-state index is 0.0333. The van der Waals surface area contributed by atoms with Crippen LogP contribution in [0.4, 0.5) is 5.69 Å². The fourth-order valence-corrected chi connectivity index (χ4v) is 3.34. The minimum Gasteiger partial charge on any atom is -0.494 e. The lowest BCUT2D eigenvalue weighted by Gasteiger charge is -2.29. The molecule has 0 bridgehead atoms. The molecule has 31 heavy (non-hydrogen) atoms. The highest BCUT2D eigenvalue weighted by atomic mass is 35.5. The fourth-order valence-electron chi connectivity index (χ4n) is 2.81. The molecule has 3 amide bonds. The van der Waals surface area contributed by atoms with Crippen LogP contribution in [0.5, 0.6) is 11.5 Å². The Morgan fingerprint density at radius 1 is 1.23 bits per heavy atom. The molecule has 0 atom stereocenters. The maximum absolute atomic E-state index is 13.1. The Balaban J connectivity index is 1.91. The van der Waals surface area contributed by atoms with E-state index < -0.39 is 17.7 Å². The number of amides is 3. The van der Waals surface area contributed by atoms with Crippen LogP contribution in [0.1, 0.15) is 12.5 Å². The van der Waals surface area contributed by atoms with E-state index >= 15 is 0 Å². The molecule has 3 rings (SSSR count). The molecule has 2 aromatic rings. The molecule has 10 heteroatoms. The van der Waals surface area contributed by atoms with E-state index in [1.165, 1.54) is 23.1 Å². The number of hydrogen-bond donors (Lipinski definition) is 2. The first kappa shape index (κ1) is 22.3. The molecule has 2 aromatic carbocycles. The van der Waals surface area contributed by atoms with Crippen molar-refractivity contribution in [2.75, 3.05) is 18.1 Å². The third kappa shape index (κ3) is 5.19. The molecule has 0 aromatic heterocycles. The molecule has 1 aliphatic rings. The molecule has 1 saturated heterocycles. The zero-order valence-corrected chi connectivity index (χ0v) is 18.0. The summed E-state index contributed by atoms with van der Waals surface area (Å²) in [7, 11) is 0. The Labute approximate surface area is 188 Å². The summed E-state index contributed by atoms with van der Waals surface area (Å²) in [5.74, 6) is -1.05. The normalized spacial score (nSPS) is 15.1. The summed E-state index contributed by atoms with van der Waals surface area (Å²) in [6.07, 6.45) is 1.39. The molecule has 1 fully saturated rings.